The van der Waals surface area contributed by atoms with Gasteiger partial charge in [-0.15, -0.1) is 0 Å². The molecule has 0 unspecified atom stereocenters. The van der Waals surface area contributed by atoms with Crippen LogP contribution in [0.1, 0.15) is 31.8 Å². The van der Waals surface area contributed by atoms with E-state index in [9.17, 15) is 9.59 Å². The van der Waals surface area contributed by atoms with Crippen LogP contribution < -0.4 is 0 Å². The summed E-state index contributed by atoms with van der Waals surface area (Å²) in [6.45, 7) is 0. The predicted molar refractivity (Wildman–Crippen MR) is 182 cm³/mol. The van der Waals surface area contributed by atoms with Gasteiger partial charge in [0.05, 0.1) is 0 Å². The molecule has 2 nitrogen and oxygen atoms in total. The van der Waals surface area contributed by atoms with Crippen LogP contribution in [0.2, 0.25) is 0 Å². The Kier molecular flexibility index (Phi) is 5.90. The maximum atomic E-state index is 14.0. The molecule has 9 rings (SSSR count). The summed E-state index contributed by atoms with van der Waals surface area (Å²) < 4.78 is 7.55. The van der Waals surface area contributed by atoms with Gasteiger partial charge in [-0.1, -0.05) is 0 Å². The summed E-state index contributed by atoms with van der Waals surface area (Å²) in [6.07, 6.45) is 0. The quantitative estimate of drug-likeness (QED) is 0.135. The van der Waals surface area contributed by atoms with Crippen LogP contribution in [0.25, 0.3) is 57.9 Å². The van der Waals surface area contributed by atoms with Crippen LogP contribution in [0, 0.1) is 0 Å². The second-order valence-electron chi connectivity index (χ2n) is 10.7. The Bertz CT molecular complexity index is 2430. The zero-order valence-corrected chi connectivity index (χ0v) is 27.7. The van der Waals surface area contributed by atoms with Crippen LogP contribution in [0.4, 0.5) is 0 Å². The molecule has 5 heteroatoms. The first-order valence-corrected chi connectivity index (χ1v) is 19.1. The van der Waals surface area contributed by atoms with E-state index in [-0.39, 0.29) is 55.1 Å². The van der Waals surface area contributed by atoms with Crippen LogP contribution >= 0.6 is 0 Å². The van der Waals surface area contributed by atoms with Gasteiger partial charge in [0.25, 0.3) is 0 Å². The van der Waals surface area contributed by atoms with Crippen molar-refractivity contribution in [3.8, 4) is 0 Å². The number of rotatable bonds is 4. The first-order valence-electron chi connectivity index (χ1n) is 14.0. The number of ketones is 2. The summed E-state index contributed by atoms with van der Waals surface area (Å²) in [4.78, 5) is 28.0. The fourth-order valence-electron chi connectivity index (χ4n) is 6.22. The summed E-state index contributed by atoms with van der Waals surface area (Å²) in [5.41, 5.74) is 3.03. The number of benzene rings is 6. The predicted octanol–water partition coefficient (Wildman–Crippen LogP) is 8.24. The molecule has 0 saturated heterocycles. The molecule has 0 spiro atoms. The molecule has 3 heterocycles. The molecule has 3 aromatic heterocycles. The van der Waals surface area contributed by atoms with Gasteiger partial charge < -0.3 is 0 Å². The minimum atomic E-state index is 0.0733. The SMILES string of the molecule is O=C(c1ccc2[se]c3ccc(C(=O)c4cccc5c4[se]c4ccccc45)cc3c2c1)c1cccc2c1[se]c1ccccc12. The molecule has 9 aromatic rings. The van der Waals surface area contributed by atoms with E-state index in [2.05, 4.69) is 84.9 Å². The molecular formula is C38H20O2Se3. The van der Waals surface area contributed by atoms with E-state index in [0.29, 0.717) is 11.1 Å². The molecule has 0 radical (unpaired) electrons. The number of fused-ring (bicyclic) bond motifs is 9. The normalized spacial score (nSPS) is 11.9. The zero-order valence-electron chi connectivity index (χ0n) is 22.6. The molecule has 0 aliphatic heterocycles. The van der Waals surface area contributed by atoms with Crippen LogP contribution in [0.15, 0.2) is 121 Å². The third kappa shape index (κ3) is 3.98. The Labute approximate surface area is 264 Å². The molecule has 0 amide bonds. The summed E-state index contributed by atoms with van der Waals surface area (Å²) >= 11 is 0.367. The minimum absolute atomic E-state index is 0.0733. The van der Waals surface area contributed by atoms with Gasteiger partial charge in [-0.3, -0.25) is 0 Å². The third-order valence-corrected chi connectivity index (χ3v) is 15.8. The van der Waals surface area contributed by atoms with Crippen molar-refractivity contribution in [3.05, 3.63) is 144 Å². The Morgan fingerprint density at radius 1 is 0.372 bits per heavy atom. The number of carbonyl (C=O) groups is 2. The van der Waals surface area contributed by atoms with Crippen LogP contribution in [-0.4, -0.2) is 55.1 Å². The Balaban J connectivity index is 1.16. The molecule has 43 heavy (non-hydrogen) atoms. The third-order valence-electron chi connectivity index (χ3n) is 8.29. The summed E-state index contributed by atoms with van der Waals surface area (Å²) in [7, 11) is 0. The Hall–Kier alpha value is -3.78. The summed E-state index contributed by atoms with van der Waals surface area (Å²) in [6, 6.07) is 41.6. The number of hydrogen-bond acceptors (Lipinski definition) is 2. The van der Waals surface area contributed by atoms with Crippen LogP contribution in [-0.2, 0) is 0 Å². The van der Waals surface area contributed by atoms with Gasteiger partial charge in [0.1, 0.15) is 0 Å². The van der Waals surface area contributed by atoms with Crippen molar-refractivity contribution >= 4 is 113 Å². The van der Waals surface area contributed by atoms with E-state index in [1.54, 1.807) is 0 Å². The standard InChI is InChI=1S/C38H20O2Se3/c39-35(27-11-5-9-25-23-7-1-3-13-31(23)42-37(25)27)21-15-17-33-29(19-21)30-20-22(16-18-34(30)41-33)36(40)28-12-6-10-26-24-8-2-4-14-32(24)43-38(26)28/h1-20H. The first kappa shape index (κ1) is 25.7. The van der Waals surface area contributed by atoms with Gasteiger partial charge in [0, 0.05) is 0 Å². The van der Waals surface area contributed by atoms with Gasteiger partial charge in [-0.25, -0.2) is 0 Å². The molecule has 0 aliphatic carbocycles. The number of hydrogen-bond donors (Lipinski definition) is 0. The van der Waals surface area contributed by atoms with Crippen molar-refractivity contribution in [2.75, 3.05) is 0 Å². The molecule has 0 N–H and O–H groups in total. The van der Waals surface area contributed by atoms with Gasteiger partial charge in [0.2, 0.25) is 0 Å². The topological polar surface area (TPSA) is 34.1 Å². The van der Waals surface area contributed by atoms with Crippen molar-refractivity contribution < 1.29 is 9.59 Å². The van der Waals surface area contributed by atoms with Gasteiger partial charge >= 0.3 is 266 Å². The Morgan fingerprint density at radius 2 is 0.791 bits per heavy atom. The Morgan fingerprint density at radius 3 is 1.28 bits per heavy atom. The first-order chi connectivity index (χ1) is 21.1. The second kappa shape index (κ2) is 9.88. The van der Waals surface area contributed by atoms with E-state index < -0.39 is 0 Å². The van der Waals surface area contributed by atoms with Crippen molar-refractivity contribution in [1.82, 2.24) is 0 Å². The second-order valence-corrected chi connectivity index (χ2v) is 17.4. The molecule has 6 aromatic carbocycles. The van der Waals surface area contributed by atoms with Crippen molar-refractivity contribution in [2.45, 2.75) is 0 Å². The average molecular weight is 745 g/mol. The van der Waals surface area contributed by atoms with Crippen molar-refractivity contribution in [3.63, 3.8) is 0 Å². The van der Waals surface area contributed by atoms with E-state index in [4.69, 9.17) is 0 Å². The number of carbonyl (C=O) groups excluding carboxylic acids is 2. The van der Waals surface area contributed by atoms with E-state index in [1.165, 1.54) is 47.1 Å². The molecule has 0 aliphatic rings. The van der Waals surface area contributed by atoms with Gasteiger partial charge in [-0.2, -0.15) is 0 Å². The molecular weight excluding hydrogens is 725 g/mol. The van der Waals surface area contributed by atoms with Crippen molar-refractivity contribution in [2.24, 2.45) is 0 Å². The molecule has 202 valence electrons. The molecule has 0 atom stereocenters. The zero-order chi connectivity index (χ0) is 28.7. The van der Waals surface area contributed by atoms with Gasteiger partial charge in [-0.05, 0) is 0 Å². The van der Waals surface area contributed by atoms with E-state index in [1.807, 2.05) is 36.4 Å². The van der Waals surface area contributed by atoms with Crippen LogP contribution in [0.5, 0.6) is 0 Å². The monoisotopic (exact) mass is 748 g/mol. The van der Waals surface area contributed by atoms with Gasteiger partial charge in [0.15, 0.2) is 0 Å². The van der Waals surface area contributed by atoms with E-state index in [0.717, 1.165) is 21.9 Å². The molecule has 0 saturated carbocycles. The fourth-order valence-corrected chi connectivity index (χ4v) is 13.6. The maximum absolute atomic E-state index is 14.0. The summed E-state index contributed by atoms with van der Waals surface area (Å²) in [5, 5.41) is 7.07. The molecule has 0 bridgehead atoms. The van der Waals surface area contributed by atoms with Crippen LogP contribution in [0.3, 0.4) is 0 Å². The average Bonchev–Trinajstić information content (AvgIpc) is 3.74. The summed E-state index contributed by atoms with van der Waals surface area (Å²) in [5.74, 6) is 0.147. The van der Waals surface area contributed by atoms with E-state index >= 15 is 0 Å². The fraction of sp³-hybridized carbons (Fsp3) is 0. The molecule has 0 fully saturated rings. The van der Waals surface area contributed by atoms with Crippen molar-refractivity contribution in [1.29, 1.82) is 0 Å².